The van der Waals surface area contributed by atoms with Crippen LogP contribution in [0.5, 0.6) is 11.5 Å². The average Bonchev–Trinajstić information content (AvgIpc) is 2.87. The van der Waals surface area contributed by atoms with Crippen LogP contribution in [0, 0.1) is 5.82 Å². The summed E-state index contributed by atoms with van der Waals surface area (Å²) in [5, 5.41) is 13.3. The predicted octanol–water partition coefficient (Wildman–Crippen LogP) is 3.23. The molecule has 8 heteroatoms. The molecule has 0 saturated heterocycles. The summed E-state index contributed by atoms with van der Waals surface area (Å²) in [6.45, 7) is 0.730. The van der Waals surface area contributed by atoms with Gasteiger partial charge in [0.05, 0.1) is 6.54 Å². The smallest absolute Gasteiger partial charge is 0.249 e. The Morgan fingerprint density at radius 3 is 2.31 bits per heavy atom. The first-order valence-corrected chi connectivity index (χ1v) is 11.1. The van der Waals surface area contributed by atoms with Crippen LogP contribution < -0.4 is 20.5 Å². The first kappa shape index (κ1) is 25.9. The molecule has 0 fully saturated rings. The first-order valence-electron chi connectivity index (χ1n) is 11.1. The number of methoxy groups -OCH3 is 1. The van der Waals surface area contributed by atoms with Crippen LogP contribution in [-0.4, -0.2) is 50.2 Å². The van der Waals surface area contributed by atoms with Crippen LogP contribution in [-0.2, 0) is 9.53 Å². The van der Waals surface area contributed by atoms with Gasteiger partial charge in [0.15, 0.2) is 0 Å². The summed E-state index contributed by atoms with van der Waals surface area (Å²) in [5.41, 5.74) is 7.07. The number of amides is 1. The van der Waals surface area contributed by atoms with Crippen molar-refractivity contribution in [3.8, 4) is 11.5 Å². The van der Waals surface area contributed by atoms with Crippen molar-refractivity contribution in [2.24, 2.45) is 5.73 Å². The monoisotopic (exact) mass is 480 g/mol. The summed E-state index contributed by atoms with van der Waals surface area (Å²) in [6, 6.07) is 21.8. The Balaban J connectivity index is 1.47. The molecule has 1 amide bonds. The maximum atomic E-state index is 13.1. The second kappa shape index (κ2) is 13.2. The fourth-order valence-corrected chi connectivity index (χ4v) is 3.20. The van der Waals surface area contributed by atoms with Crippen LogP contribution in [0.2, 0.25) is 0 Å². The topological polar surface area (TPSA) is 103 Å². The number of carbonyl (C=O) groups excluding carboxylic acids is 1. The van der Waals surface area contributed by atoms with E-state index in [1.807, 2.05) is 30.3 Å². The highest BCUT2D eigenvalue weighted by atomic mass is 19.1. The number of nitrogens with one attached hydrogen (secondary N) is 1. The van der Waals surface area contributed by atoms with E-state index < -0.39 is 18.3 Å². The molecular weight excluding hydrogens is 451 g/mol. The summed E-state index contributed by atoms with van der Waals surface area (Å²) >= 11 is 0. The van der Waals surface area contributed by atoms with Gasteiger partial charge < -0.3 is 30.4 Å². The van der Waals surface area contributed by atoms with E-state index in [4.69, 9.17) is 19.9 Å². The summed E-state index contributed by atoms with van der Waals surface area (Å²) in [7, 11) is 1.55. The Morgan fingerprint density at radius 1 is 1.00 bits per heavy atom. The molecule has 35 heavy (non-hydrogen) atoms. The summed E-state index contributed by atoms with van der Waals surface area (Å²) in [6.07, 6.45) is 0.339. The number of halogens is 1. The quantitative estimate of drug-likeness (QED) is 0.197. The molecule has 0 aliphatic rings. The number of aliphatic hydroxyl groups excluding tert-OH is 1. The molecule has 3 aromatic carbocycles. The second-order valence-electron chi connectivity index (χ2n) is 7.72. The molecule has 0 radical (unpaired) electrons. The maximum absolute atomic E-state index is 13.1. The number of ether oxygens (including phenoxy) is 3. The van der Waals surface area contributed by atoms with Crippen molar-refractivity contribution >= 4 is 17.6 Å². The van der Waals surface area contributed by atoms with Crippen molar-refractivity contribution in [3.05, 3.63) is 95.8 Å². The van der Waals surface area contributed by atoms with E-state index in [2.05, 4.69) is 5.32 Å². The fraction of sp³-hybridized carbons (Fsp3) is 0.222. The number of para-hydroxylation sites is 1. The molecular formula is C27H29FN2O5. The molecule has 0 spiro atoms. The molecule has 2 atom stereocenters. The molecule has 7 nitrogen and oxygen atoms in total. The van der Waals surface area contributed by atoms with Crippen LogP contribution in [0.15, 0.2) is 78.9 Å². The van der Waals surface area contributed by atoms with E-state index >= 15 is 0 Å². The van der Waals surface area contributed by atoms with Crippen LogP contribution in [0.25, 0.3) is 11.6 Å². The molecule has 4 N–H and O–H groups in total. The van der Waals surface area contributed by atoms with Crippen molar-refractivity contribution in [1.82, 2.24) is 5.32 Å². The molecule has 3 rings (SSSR count). The lowest BCUT2D eigenvalue weighted by molar-refractivity contribution is -0.112. The molecule has 0 aliphatic heterocycles. The van der Waals surface area contributed by atoms with Gasteiger partial charge in [-0.2, -0.15) is 0 Å². The van der Waals surface area contributed by atoms with Gasteiger partial charge in [-0.25, -0.2) is 4.39 Å². The van der Waals surface area contributed by atoms with Gasteiger partial charge in [-0.3, -0.25) is 4.79 Å². The Hall–Kier alpha value is -3.72. The largest absolute Gasteiger partial charge is 0.491 e. The molecule has 184 valence electrons. The highest BCUT2D eigenvalue weighted by Gasteiger charge is 2.12. The third kappa shape index (κ3) is 8.53. The minimum Gasteiger partial charge on any atom is -0.491 e. The highest BCUT2D eigenvalue weighted by molar-refractivity contribution is 6.23. The van der Waals surface area contributed by atoms with Gasteiger partial charge in [0.25, 0.3) is 0 Å². The van der Waals surface area contributed by atoms with Crippen molar-refractivity contribution in [2.45, 2.75) is 12.4 Å². The van der Waals surface area contributed by atoms with Crippen LogP contribution >= 0.6 is 0 Å². The van der Waals surface area contributed by atoms with Gasteiger partial charge in [0.1, 0.15) is 30.0 Å². The number of hydrogen-bond donors (Lipinski definition) is 3. The van der Waals surface area contributed by atoms with Gasteiger partial charge in [0.2, 0.25) is 12.2 Å². The first-order chi connectivity index (χ1) is 16.9. The zero-order valence-corrected chi connectivity index (χ0v) is 19.4. The zero-order chi connectivity index (χ0) is 25.0. The standard InChI is InChI=1S/C27H29FN2O5/c1-33-26(35-24-5-3-2-4-6-24)17-30-16-22(31)18-34-23-13-9-20(10-14-23)25(27(29)32)15-19-7-11-21(28)12-8-19/h2-15,22,26,30-31H,16-18H2,1H3,(H2,29,32). The van der Waals surface area contributed by atoms with E-state index in [9.17, 15) is 14.3 Å². The number of hydrogen-bond acceptors (Lipinski definition) is 6. The second-order valence-corrected chi connectivity index (χ2v) is 7.72. The van der Waals surface area contributed by atoms with Crippen LogP contribution in [0.4, 0.5) is 4.39 Å². The number of rotatable bonds is 13. The van der Waals surface area contributed by atoms with Crippen LogP contribution in [0.1, 0.15) is 11.1 Å². The Kier molecular flexibility index (Phi) is 9.80. The molecule has 3 aromatic rings. The molecule has 0 aromatic heterocycles. The third-order valence-electron chi connectivity index (χ3n) is 5.02. The van der Waals surface area contributed by atoms with E-state index in [0.29, 0.717) is 29.2 Å². The Labute approximate surface area is 203 Å². The summed E-state index contributed by atoms with van der Waals surface area (Å²) < 4.78 is 29.8. The van der Waals surface area contributed by atoms with Gasteiger partial charge in [0, 0.05) is 19.2 Å². The van der Waals surface area contributed by atoms with Gasteiger partial charge >= 0.3 is 0 Å². The highest BCUT2D eigenvalue weighted by Crippen LogP contribution is 2.21. The minimum atomic E-state index is -0.761. The zero-order valence-electron chi connectivity index (χ0n) is 19.4. The average molecular weight is 481 g/mol. The molecule has 0 bridgehead atoms. The maximum Gasteiger partial charge on any atom is 0.249 e. The normalized spacial score (nSPS) is 13.2. The number of benzene rings is 3. The molecule has 0 heterocycles. The lowest BCUT2D eigenvalue weighted by atomic mass is 10.0. The lowest BCUT2D eigenvalue weighted by Crippen LogP contribution is -2.38. The SMILES string of the molecule is COC(CNCC(O)COc1ccc(C(=Cc2ccc(F)cc2)C(N)=O)cc1)Oc1ccccc1. The van der Waals surface area contributed by atoms with Gasteiger partial charge in [-0.05, 0) is 53.6 Å². The van der Waals surface area contributed by atoms with Gasteiger partial charge in [-0.1, -0.05) is 42.5 Å². The van der Waals surface area contributed by atoms with Crippen molar-refractivity contribution < 1.29 is 28.5 Å². The Morgan fingerprint density at radius 2 is 1.69 bits per heavy atom. The van der Waals surface area contributed by atoms with E-state index in [1.165, 1.54) is 12.1 Å². The minimum absolute atomic E-state index is 0.0671. The van der Waals surface area contributed by atoms with E-state index in [0.717, 1.165) is 0 Å². The molecule has 0 aliphatic carbocycles. The number of carbonyl (C=O) groups is 1. The molecule has 2 unspecified atom stereocenters. The van der Waals surface area contributed by atoms with Crippen molar-refractivity contribution in [3.63, 3.8) is 0 Å². The lowest BCUT2D eigenvalue weighted by Gasteiger charge is -2.19. The van der Waals surface area contributed by atoms with E-state index in [-0.39, 0.29) is 24.5 Å². The van der Waals surface area contributed by atoms with Crippen LogP contribution in [0.3, 0.4) is 0 Å². The molecule has 0 saturated carbocycles. The number of nitrogens with two attached hydrogens (primary N) is 1. The van der Waals surface area contributed by atoms with Crippen molar-refractivity contribution in [1.29, 1.82) is 0 Å². The fourth-order valence-electron chi connectivity index (χ4n) is 3.20. The summed E-state index contributed by atoms with van der Waals surface area (Å²) in [4.78, 5) is 11.9. The number of aliphatic hydroxyl groups is 1. The van der Waals surface area contributed by atoms with E-state index in [1.54, 1.807) is 49.6 Å². The Bertz CT molecular complexity index is 1090. The number of primary amides is 1. The third-order valence-corrected chi connectivity index (χ3v) is 5.02. The van der Waals surface area contributed by atoms with Crippen molar-refractivity contribution in [2.75, 3.05) is 26.8 Å². The van der Waals surface area contributed by atoms with Gasteiger partial charge in [-0.15, -0.1) is 0 Å². The summed E-state index contributed by atoms with van der Waals surface area (Å²) in [5.74, 6) is 0.261. The predicted molar refractivity (Wildman–Crippen MR) is 132 cm³/mol.